The van der Waals surface area contributed by atoms with E-state index in [4.69, 9.17) is 23.7 Å². The highest BCUT2D eigenvalue weighted by atomic mass is 16.7. The molecule has 0 radical (unpaired) electrons. The van der Waals surface area contributed by atoms with Gasteiger partial charge in [0.05, 0.1) is 20.8 Å². The Bertz CT molecular complexity index is 716. The van der Waals surface area contributed by atoms with E-state index in [1.165, 1.54) is 11.1 Å². The predicted molar refractivity (Wildman–Crippen MR) is 123 cm³/mol. The summed E-state index contributed by atoms with van der Waals surface area (Å²) in [5.41, 5.74) is 2.49. The van der Waals surface area contributed by atoms with Gasteiger partial charge in [-0.05, 0) is 54.2 Å². The first-order chi connectivity index (χ1) is 15.1. The predicted octanol–water partition coefficient (Wildman–Crippen LogP) is 4.86. The second-order valence-corrected chi connectivity index (χ2v) is 6.83. The zero-order valence-corrected chi connectivity index (χ0v) is 19.7. The van der Waals surface area contributed by atoms with Crippen molar-refractivity contribution >= 4 is 0 Å². The van der Waals surface area contributed by atoms with Crippen LogP contribution in [0.3, 0.4) is 0 Å². The van der Waals surface area contributed by atoms with E-state index in [9.17, 15) is 5.11 Å². The maximum absolute atomic E-state index is 9.29. The average molecular weight is 435 g/mol. The van der Waals surface area contributed by atoms with Crippen LogP contribution in [-0.2, 0) is 22.3 Å². The van der Waals surface area contributed by atoms with Crippen molar-refractivity contribution in [3.05, 3.63) is 53.6 Å². The van der Waals surface area contributed by atoms with Crippen molar-refractivity contribution in [2.75, 3.05) is 34.7 Å². The number of aryl methyl sites for hydroxylation is 1. The van der Waals surface area contributed by atoms with Gasteiger partial charge in [-0.1, -0.05) is 39.0 Å². The highest BCUT2D eigenvalue weighted by molar-refractivity contribution is 5.43. The molecule has 2 atom stereocenters. The molecule has 2 aromatic carbocycles. The van der Waals surface area contributed by atoms with E-state index in [2.05, 4.69) is 19.1 Å². The summed E-state index contributed by atoms with van der Waals surface area (Å²) in [6.45, 7) is 7.06. The van der Waals surface area contributed by atoms with Crippen LogP contribution >= 0.6 is 0 Å². The Labute approximate surface area is 187 Å². The molecule has 0 saturated carbocycles. The van der Waals surface area contributed by atoms with Crippen LogP contribution in [0.1, 0.15) is 38.3 Å². The first kappa shape index (κ1) is 26.8. The van der Waals surface area contributed by atoms with Crippen LogP contribution in [-0.4, -0.2) is 46.1 Å². The van der Waals surface area contributed by atoms with Crippen molar-refractivity contribution in [1.82, 2.24) is 0 Å². The third kappa shape index (κ3) is 9.59. The van der Waals surface area contributed by atoms with Crippen molar-refractivity contribution < 1.29 is 28.8 Å². The molecule has 6 heteroatoms. The molecule has 3 rings (SSSR count). The van der Waals surface area contributed by atoms with Crippen LogP contribution in [0.2, 0.25) is 0 Å². The van der Waals surface area contributed by atoms with Gasteiger partial charge in [0.25, 0.3) is 0 Å². The lowest BCUT2D eigenvalue weighted by Gasteiger charge is -2.11. The maximum Gasteiger partial charge on any atom is 0.188 e. The summed E-state index contributed by atoms with van der Waals surface area (Å²) in [6, 6.07) is 13.9. The minimum absolute atomic E-state index is 0.311. The molecule has 1 heterocycles. The molecule has 31 heavy (non-hydrogen) atoms. The summed E-state index contributed by atoms with van der Waals surface area (Å²) in [4.78, 5) is 0. The van der Waals surface area contributed by atoms with Crippen LogP contribution < -0.4 is 14.2 Å². The molecule has 1 fully saturated rings. The SMILES string of the molecule is CC.CCc1ccc(OCOC)cc1.COc1ccc(CC2COC(O)C2)cc1OC. The minimum atomic E-state index is -0.597. The Morgan fingerprint density at radius 1 is 0.935 bits per heavy atom. The Balaban J connectivity index is 0.000000303. The molecule has 1 saturated heterocycles. The molecule has 0 aliphatic carbocycles. The Morgan fingerprint density at radius 2 is 1.58 bits per heavy atom. The van der Waals surface area contributed by atoms with E-state index in [-0.39, 0.29) is 0 Å². The average Bonchev–Trinajstić information content (AvgIpc) is 3.24. The normalized spacial score (nSPS) is 17.0. The summed E-state index contributed by atoms with van der Waals surface area (Å²) in [5.74, 6) is 2.71. The van der Waals surface area contributed by atoms with Gasteiger partial charge in [-0.2, -0.15) is 0 Å². The van der Waals surface area contributed by atoms with Crippen LogP contribution in [0.4, 0.5) is 0 Å². The number of methoxy groups -OCH3 is 3. The van der Waals surface area contributed by atoms with Gasteiger partial charge in [0.2, 0.25) is 0 Å². The Kier molecular flexibility index (Phi) is 13.4. The molecular formula is C25H38O6. The van der Waals surface area contributed by atoms with Crippen molar-refractivity contribution in [3.63, 3.8) is 0 Å². The van der Waals surface area contributed by atoms with Crippen LogP contribution in [0.5, 0.6) is 17.2 Å². The molecule has 0 bridgehead atoms. The summed E-state index contributed by atoms with van der Waals surface area (Å²) in [7, 11) is 4.86. The highest BCUT2D eigenvalue weighted by Crippen LogP contribution is 2.30. The van der Waals surface area contributed by atoms with Gasteiger partial charge in [-0.25, -0.2) is 0 Å². The molecule has 0 spiro atoms. The molecule has 174 valence electrons. The number of aliphatic hydroxyl groups excluding tert-OH is 1. The van der Waals surface area contributed by atoms with E-state index >= 15 is 0 Å². The fourth-order valence-corrected chi connectivity index (χ4v) is 3.10. The number of rotatable bonds is 8. The second kappa shape index (κ2) is 15.5. The van der Waals surface area contributed by atoms with Gasteiger partial charge in [0, 0.05) is 13.5 Å². The molecular weight excluding hydrogens is 396 g/mol. The van der Waals surface area contributed by atoms with E-state index in [1.54, 1.807) is 21.3 Å². The molecule has 6 nitrogen and oxygen atoms in total. The lowest BCUT2D eigenvalue weighted by atomic mass is 9.98. The summed E-state index contributed by atoms with van der Waals surface area (Å²) >= 11 is 0. The van der Waals surface area contributed by atoms with Gasteiger partial charge in [-0.3, -0.25) is 0 Å². The molecule has 0 amide bonds. The first-order valence-corrected chi connectivity index (χ1v) is 10.8. The summed E-state index contributed by atoms with van der Waals surface area (Å²) in [5, 5.41) is 9.29. The van der Waals surface area contributed by atoms with E-state index in [1.807, 2.05) is 44.2 Å². The van der Waals surface area contributed by atoms with Gasteiger partial charge in [0.1, 0.15) is 5.75 Å². The topological polar surface area (TPSA) is 66.4 Å². The quantitative estimate of drug-likeness (QED) is 0.599. The van der Waals surface area contributed by atoms with Crippen molar-refractivity contribution in [2.45, 2.75) is 46.3 Å². The van der Waals surface area contributed by atoms with E-state index < -0.39 is 6.29 Å². The van der Waals surface area contributed by atoms with E-state index in [0.717, 1.165) is 30.1 Å². The van der Waals surface area contributed by atoms with Gasteiger partial charge in [-0.15, -0.1) is 0 Å². The molecule has 1 N–H and O–H groups in total. The highest BCUT2D eigenvalue weighted by Gasteiger charge is 2.23. The minimum Gasteiger partial charge on any atom is -0.493 e. The monoisotopic (exact) mass is 434 g/mol. The summed E-state index contributed by atoms with van der Waals surface area (Å²) < 4.78 is 25.6. The lowest BCUT2D eigenvalue weighted by molar-refractivity contribution is -0.0591. The number of aliphatic hydroxyl groups is 1. The molecule has 2 aromatic rings. The standard InChI is InChI=1S/C13H18O4.C10H14O2.C2H6/c1-15-11-4-3-9(6-12(11)16-2)5-10-7-13(14)17-8-10;1-3-9-4-6-10(7-5-9)12-8-11-2;1-2/h3-4,6,10,13-14H,5,7-8H2,1-2H3;4-7H,3,8H2,1-2H3;1-2H3. The smallest absolute Gasteiger partial charge is 0.188 e. The van der Waals surface area contributed by atoms with Crippen molar-refractivity contribution in [1.29, 1.82) is 0 Å². The van der Waals surface area contributed by atoms with Crippen molar-refractivity contribution in [3.8, 4) is 17.2 Å². The van der Waals surface area contributed by atoms with Gasteiger partial charge in [0.15, 0.2) is 24.6 Å². The maximum atomic E-state index is 9.29. The Hall–Kier alpha value is -2.28. The number of ether oxygens (including phenoxy) is 5. The van der Waals surface area contributed by atoms with Crippen molar-refractivity contribution in [2.24, 2.45) is 5.92 Å². The molecule has 2 unspecified atom stereocenters. The number of hydrogen-bond donors (Lipinski definition) is 1. The van der Waals surface area contributed by atoms with Gasteiger partial charge >= 0.3 is 0 Å². The Morgan fingerprint density at radius 3 is 2.10 bits per heavy atom. The lowest BCUT2D eigenvalue weighted by Crippen LogP contribution is -2.05. The number of benzene rings is 2. The fourth-order valence-electron chi connectivity index (χ4n) is 3.10. The summed E-state index contributed by atoms with van der Waals surface area (Å²) in [6.07, 6.45) is 2.05. The molecule has 0 aromatic heterocycles. The van der Waals surface area contributed by atoms with Gasteiger partial charge < -0.3 is 28.8 Å². The zero-order chi connectivity index (χ0) is 23.1. The molecule has 1 aliphatic heterocycles. The molecule has 1 aliphatic rings. The second-order valence-electron chi connectivity index (χ2n) is 6.83. The van der Waals surface area contributed by atoms with E-state index in [0.29, 0.717) is 25.7 Å². The zero-order valence-electron chi connectivity index (χ0n) is 19.7. The third-order valence-corrected chi connectivity index (χ3v) is 4.71. The third-order valence-electron chi connectivity index (χ3n) is 4.71. The van der Waals surface area contributed by atoms with Crippen LogP contribution in [0.25, 0.3) is 0 Å². The van der Waals surface area contributed by atoms with Crippen LogP contribution in [0.15, 0.2) is 42.5 Å². The first-order valence-electron chi connectivity index (χ1n) is 10.8. The van der Waals surface area contributed by atoms with Crippen LogP contribution in [0, 0.1) is 5.92 Å². The number of hydrogen-bond acceptors (Lipinski definition) is 6. The fraction of sp³-hybridized carbons (Fsp3) is 0.520. The largest absolute Gasteiger partial charge is 0.493 e.